The van der Waals surface area contributed by atoms with Crippen molar-refractivity contribution in [1.29, 1.82) is 0 Å². The standard InChI is InChI=1S/C9H13NO/c1-4-8-6-9(11-10-8)5-7(2)3/h4,6-7H,1,5H2,2-3H3. The van der Waals surface area contributed by atoms with E-state index in [2.05, 4.69) is 25.6 Å². The Labute approximate surface area is 66.9 Å². The molecule has 0 N–H and O–H groups in total. The topological polar surface area (TPSA) is 26.0 Å². The molecule has 0 amide bonds. The fourth-order valence-corrected chi connectivity index (χ4v) is 0.924. The number of nitrogens with zero attached hydrogens (tertiary/aromatic N) is 1. The molecule has 60 valence electrons. The van der Waals surface area contributed by atoms with E-state index in [1.54, 1.807) is 6.08 Å². The van der Waals surface area contributed by atoms with Crippen LogP contribution < -0.4 is 0 Å². The molecule has 0 fully saturated rings. The van der Waals surface area contributed by atoms with Gasteiger partial charge in [-0.3, -0.25) is 0 Å². The van der Waals surface area contributed by atoms with Crippen molar-refractivity contribution >= 4 is 6.08 Å². The highest BCUT2D eigenvalue weighted by Crippen LogP contribution is 2.09. The molecule has 0 saturated carbocycles. The van der Waals surface area contributed by atoms with E-state index in [4.69, 9.17) is 4.52 Å². The highest BCUT2D eigenvalue weighted by Gasteiger charge is 2.02. The summed E-state index contributed by atoms with van der Waals surface area (Å²) >= 11 is 0. The summed E-state index contributed by atoms with van der Waals surface area (Å²) in [5, 5.41) is 3.79. The predicted molar refractivity (Wildman–Crippen MR) is 45.1 cm³/mol. The molecule has 0 bridgehead atoms. The van der Waals surface area contributed by atoms with Gasteiger partial charge < -0.3 is 4.52 Å². The van der Waals surface area contributed by atoms with E-state index in [1.165, 1.54) is 0 Å². The first-order valence-electron chi connectivity index (χ1n) is 3.80. The SMILES string of the molecule is C=Cc1cc(CC(C)C)on1. The Kier molecular flexibility index (Phi) is 2.47. The van der Waals surface area contributed by atoms with Crippen LogP contribution in [0.5, 0.6) is 0 Å². The summed E-state index contributed by atoms with van der Waals surface area (Å²) in [5.41, 5.74) is 0.820. The molecule has 1 aromatic heterocycles. The van der Waals surface area contributed by atoms with Crippen molar-refractivity contribution in [2.24, 2.45) is 5.92 Å². The van der Waals surface area contributed by atoms with E-state index in [0.717, 1.165) is 17.9 Å². The summed E-state index contributed by atoms with van der Waals surface area (Å²) in [6.45, 7) is 7.90. The molecule has 1 aromatic rings. The minimum Gasteiger partial charge on any atom is -0.361 e. The average Bonchev–Trinajstić information content (AvgIpc) is 2.34. The van der Waals surface area contributed by atoms with Gasteiger partial charge in [0.2, 0.25) is 0 Å². The van der Waals surface area contributed by atoms with Crippen LogP contribution in [0.2, 0.25) is 0 Å². The number of aromatic nitrogens is 1. The summed E-state index contributed by atoms with van der Waals surface area (Å²) in [4.78, 5) is 0. The van der Waals surface area contributed by atoms with E-state index in [-0.39, 0.29) is 0 Å². The Balaban J connectivity index is 2.65. The van der Waals surface area contributed by atoms with Crippen LogP contribution >= 0.6 is 0 Å². The van der Waals surface area contributed by atoms with Crippen molar-refractivity contribution in [1.82, 2.24) is 5.16 Å². The number of hydrogen-bond acceptors (Lipinski definition) is 2. The van der Waals surface area contributed by atoms with Crippen molar-refractivity contribution in [2.75, 3.05) is 0 Å². The molecule has 0 unspecified atom stereocenters. The molecule has 0 aliphatic rings. The lowest BCUT2D eigenvalue weighted by atomic mass is 10.1. The van der Waals surface area contributed by atoms with E-state index in [0.29, 0.717) is 5.92 Å². The van der Waals surface area contributed by atoms with Gasteiger partial charge in [0, 0.05) is 12.5 Å². The van der Waals surface area contributed by atoms with Crippen LogP contribution in [-0.2, 0) is 6.42 Å². The Bertz CT molecular complexity index is 237. The maximum Gasteiger partial charge on any atom is 0.137 e. The van der Waals surface area contributed by atoms with E-state index < -0.39 is 0 Å². The third-order valence-electron chi connectivity index (χ3n) is 1.40. The number of hydrogen-bond donors (Lipinski definition) is 0. The van der Waals surface area contributed by atoms with Crippen LogP contribution in [0.1, 0.15) is 25.3 Å². The Morgan fingerprint density at radius 3 is 2.91 bits per heavy atom. The van der Waals surface area contributed by atoms with Crippen molar-refractivity contribution in [2.45, 2.75) is 20.3 Å². The largest absolute Gasteiger partial charge is 0.361 e. The predicted octanol–water partition coefficient (Wildman–Crippen LogP) is 2.52. The normalized spacial score (nSPS) is 10.5. The van der Waals surface area contributed by atoms with Crippen LogP contribution in [0.3, 0.4) is 0 Å². The van der Waals surface area contributed by atoms with E-state index in [9.17, 15) is 0 Å². The third kappa shape index (κ3) is 2.22. The maximum absolute atomic E-state index is 5.05. The van der Waals surface area contributed by atoms with Gasteiger partial charge in [0.15, 0.2) is 0 Å². The van der Waals surface area contributed by atoms with Gasteiger partial charge in [0.1, 0.15) is 11.5 Å². The molecule has 2 nitrogen and oxygen atoms in total. The first-order chi connectivity index (χ1) is 5.22. The molecule has 11 heavy (non-hydrogen) atoms. The van der Waals surface area contributed by atoms with Crippen LogP contribution in [0.15, 0.2) is 17.2 Å². The zero-order valence-electron chi connectivity index (χ0n) is 7.00. The fraction of sp³-hybridized carbons (Fsp3) is 0.444. The zero-order chi connectivity index (χ0) is 8.27. The lowest BCUT2D eigenvalue weighted by Gasteiger charge is -1.96. The van der Waals surface area contributed by atoms with Gasteiger partial charge in [-0.1, -0.05) is 25.6 Å². The van der Waals surface area contributed by atoms with Crippen molar-refractivity contribution in [3.63, 3.8) is 0 Å². The molecular formula is C9H13NO. The van der Waals surface area contributed by atoms with Crippen LogP contribution in [0.25, 0.3) is 6.08 Å². The van der Waals surface area contributed by atoms with Crippen molar-refractivity contribution < 1.29 is 4.52 Å². The van der Waals surface area contributed by atoms with Gasteiger partial charge in [-0.2, -0.15) is 0 Å². The lowest BCUT2D eigenvalue weighted by Crippen LogP contribution is -1.90. The molecule has 2 heteroatoms. The molecule has 1 heterocycles. The van der Waals surface area contributed by atoms with Gasteiger partial charge >= 0.3 is 0 Å². The lowest BCUT2D eigenvalue weighted by molar-refractivity contribution is 0.368. The van der Waals surface area contributed by atoms with Crippen LogP contribution in [-0.4, -0.2) is 5.16 Å². The molecule has 0 atom stereocenters. The van der Waals surface area contributed by atoms with E-state index >= 15 is 0 Å². The molecule has 0 spiro atoms. The quantitative estimate of drug-likeness (QED) is 0.663. The summed E-state index contributed by atoms with van der Waals surface area (Å²) in [7, 11) is 0. The Morgan fingerprint density at radius 2 is 2.45 bits per heavy atom. The summed E-state index contributed by atoms with van der Waals surface area (Å²) in [6.07, 6.45) is 2.63. The molecule has 0 radical (unpaired) electrons. The summed E-state index contributed by atoms with van der Waals surface area (Å²) in [6, 6.07) is 1.92. The monoisotopic (exact) mass is 151 g/mol. The maximum atomic E-state index is 5.05. The first-order valence-corrected chi connectivity index (χ1v) is 3.80. The molecule has 0 aliphatic heterocycles. The second kappa shape index (κ2) is 3.37. The molecule has 0 aliphatic carbocycles. The second-order valence-electron chi connectivity index (χ2n) is 3.02. The minimum atomic E-state index is 0.612. The second-order valence-corrected chi connectivity index (χ2v) is 3.02. The summed E-state index contributed by atoms with van der Waals surface area (Å²) in [5.74, 6) is 1.55. The fourth-order valence-electron chi connectivity index (χ4n) is 0.924. The van der Waals surface area contributed by atoms with Gasteiger partial charge in [0.25, 0.3) is 0 Å². The smallest absolute Gasteiger partial charge is 0.137 e. The van der Waals surface area contributed by atoms with Crippen LogP contribution in [0.4, 0.5) is 0 Å². The molecule has 0 saturated heterocycles. The average molecular weight is 151 g/mol. The minimum absolute atomic E-state index is 0.612. The van der Waals surface area contributed by atoms with Gasteiger partial charge in [-0.05, 0) is 12.0 Å². The first kappa shape index (κ1) is 8.05. The van der Waals surface area contributed by atoms with Gasteiger partial charge in [-0.15, -0.1) is 0 Å². The molecule has 0 aromatic carbocycles. The van der Waals surface area contributed by atoms with E-state index in [1.807, 2.05) is 6.07 Å². The zero-order valence-corrected chi connectivity index (χ0v) is 7.00. The van der Waals surface area contributed by atoms with Crippen LogP contribution in [0, 0.1) is 5.92 Å². The highest BCUT2D eigenvalue weighted by molar-refractivity contribution is 5.40. The highest BCUT2D eigenvalue weighted by atomic mass is 16.5. The number of rotatable bonds is 3. The molecular weight excluding hydrogens is 138 g/mol. The third-order valence-corrected chi connectivity index (χ3v) is 1.40. The van der Waals surface area contributed by atoms with Crippen molar-refractivity contribution in [3.8, 4) is 0 Å². The summed E-state index contributed by atoms with van der Waals surface area (Å²) < 4.78 is 5.05. The molecule has 1 rings (SSSR count). The van der Waals surface area contributed by atoms with Crippen molar-refractivity contribution in [3.05, 3.63) is 24.1 Å². The van der Waals surface area contributed by atoms with Gasteiger partial charge in [-0.25, -0.2) is 0 Å². The Hall–Kier alpha value is -1.05. The van der Waals surface area contributed by atoms with Gasteiger partial charge in [0.05, 0.1) is 0 Å². The Morgan fingerprint density at radius 1 is 1.73 bits per heavy atom.